The maximum Gasteiger partial charge on any atom is 0.227 e. The number of hydrogen-bond acceptors (Lipinski definition) is 5. The van der Waals surface area contributed by atoms with Crippen LogP contribution in [-0.4, -0.2) is 21.8 Å². The molecule has 0 radical (unpaired) electrons. The van der Waals surface area contributed by atoms with Crippen LogP contribution in [0.5, 0.6) is 5.75 Å². The maximum atomic E-state index is 9.68. The summed E-state index contributed by atoms with van der Waals surface area (Å²) in [5, 5.41) is 16.5. The van der Waals surface area contributed by atoms with E-state index in [1.165, 1.54) is 6.33 Å². The van der Waals surface area contributed by atoms with Gasteiger partial charge in [0.1, 0.15) is 5.75 Å². The highest BCUT2D eigenvalue weighted by Gasteiger charge is 2.09. The molecule has 5 nitrogen and oxygen atoms in total. The minimum absolute atomic E-state index is 0.0825. The third-order valence-corrected chi connectivity index (χ3v) is 2.60. The minimum atomic E-state index is 0.0825. The Morgan fingerprint density at radius 2 is 2.24 bits per heavy atom. The van der Waals surface area contributed by atoms with Gasteiger partial charge < -0.3 is 14.9 Å². The number of phenolic OH excluding ortho intramolecular Hbond substituents is 1. The van der Waals surface area contributed by atoms with E-state index in [1.54, 1.807) is 6.07 Å². The molecule has 0 aliphatic carbocycles. The van der Waals surface area contributed by atoms with Gasteiger partial charge in [0, 0.05) is 24.6 Å². The number of aromatic nitrogens is 2. The Morgan fingerprint density at radius 1 is 1.41 bits per heavy atom. The van der Waals surface area contributed by atoms with Gasteiger partial charge in [-0.3, -0.25) is 0 Å². The van der Waals surface area contributed by atoms with Gasteiger partial charge in [-0.05, 0) is 13.0 Å². The van der Waals surface area contributed by atoms with E-state index in [1.807, 2.05) is 25.1 Å². The number of nitrogens with one attached hydrogen (secondary N) is 1. The maximum absolute atomic E-state index is 9.68. The first kappa shape index (κ1) is 11.6. The van der Waals surface area contributed by atoms with Crippen molar-refractivity contribution in [3.05, 3.63) is 42.0 Å². The lowest BCUT2D eigenvalue weighted by Crippen LogP contribution is -2.21. The summed E-state index contributed by atoms with van der Waals surface area (Å²) in [4.78, 5) is 3.94. The van der Waals surface area contributed by atoms with Crippen molar-refractivity contribution in [3.63, 3.8) is 0 Å². The molecule has 0 aliphatic rings. The molecule has 1 aromatic carbocycles. The van der Waals surface area contributed by atoms with Crippen LogP contribution >= 0.6 is 0 Å². The van der Waals surface area contributed by atoms with E-state index >= 15 is 0 Å². The molecule has 1 unspecified atom stereocenters. The van der Waals surface area contributed by atoms with Gasteiger partial charge in [0.25, 0.3) is 0 Å². The normalized spacial score (nSPS) is 12.5. The molecular formula is C12H15N3O2. The third-order valence-electron chi connectivity index (χ3n) is 2.60. The molecular weight excluding hydrogens is 218 g/mol. The first-order valence-electron chi connectivity index (χ1n) is 5.54. The van der Waals surface area contributed by atoms with Crippen molar-refractivity contribution >= 4 is 0 Å². The minimum Gasteiger partial charge on any atom is -0.508 e. The quantitative estimate of drug-likeness (QED) is 0.822. The Labute approximate surface area is 99.5 Å². The molecule has 0 fully saturated rings. The van der Waals surface area contributed by atoms with Crippen LogP contribution in [0.3, 0.4) is 0 Å². The molecule has 0 saturated carbocycles. The predicted octanol–water partition coefficient (Wildman–Crippen LogP) is 1.67. The molecule has 90 valence electrons. The van der Waals surface area contributed by atoms with Crippen molar-refractivity contribution in [2.24, 2.45) is 0 Å². The number of para-hydroxylation sites is 1. The van der Waals surface area contributed by atoms with Gasteiger partial charge in [0.2, 0.25) is 5.89 Å². The summed E-state index contributed by atoms with van der Waals surface area (Å²) in [7, 11) is 0. The Hall–Kier alpha value is -1.88. The number of nitrogens with zero attached hydrogens (tertiary/aromatic N) is 2. The summed E-state index contributed by atoms with van der Waals surface area (Å²) in [5.41, 5.74) is 0.887. The Balaban J connectivity index is 1.85. The van der Waals surface area contributed by atoms with E-state index in [0.29, 0.717) is 18.1 Å². The molecule has 1 atom stereocenters. The molecule has 5 heteroatoms. The van der Waals surface area contributed by atoms with Gasteiger partial charge in [0.05, 0.1) is 0 Å². The Kier molecular flexibility index (Phi) is 3.72. The van der Waals surface area contributed by atoms with Crippen molar-refractivity contribution in [2.45, 2.75) is 19.4 Å². The highest BCUT2D eigenvalue weighted by molar-refractivity contribution is 5.34. The predicted molar refractivity (Wildman–Crippen MR) is 62.5 cm³/mol. The zero-order valence-corrected chi connectivity index (χ0v) is 9.63. The zero-order chi connectivity index (χ0) is 12.1. The zero-order valence-electron chi connectivity index (χ0n) is 9.63. The molecule has 0 amide bonds. The smallest absolute Gasteiger partial charge is 0.227 e. The largest absolute Gasteiger partial charge is 0.508 e. The number of rotatable bonds is 5. The first-order valence-corrected chi connectivity index (χ1v) is 5.54. The van der Waals surface area contributed by atoms with Crippen molar-refractivity contribution < 1.29 is 9.63 Å². The van der Waals surface area contributed by atoms with Crippen LogP contribution in [0.25, 0.3) is 0 Å². The van der Waals surface area contributed by atoms with Gasteiger partial charge in [-0.25, -0.2) is 0 Å². The molecule has 1 aromatic heterocycles. The van der Waals surface area contributed by atoms with Crippen LogP contribution in [0, 0.1) is 0 Å². The second-order valence-corrected chi connectivity index (χ2v) is 3.82. The van der Waals surface area contributed by atoms with Gasteiger partial charge in [-0.1, -0.05) is 23.4 Å². The fourth-order valence-electron chi connectivity index (χ4n) is 1.67. The van der Waals surface area contributed by atoms with Crippen molar-refractivity contribution in [1.29, 1.82) is 0 Å². The fraction of sp³-hybridized carbons (Fsp3) is 0.333. The van der Waals surface area contributed by atoms with Crippen molar-refractivity contribution in [2.75, 3.05) is 6.54 Å². The molecule has 17 heavy (non-hydrogen) atoms. The van der Waals surface area contributed by atoms with Crippen molar-refractivity contribution in [3.8, 4) is 5.75 Å². The van der Waals surface area contributed by atoms with Crippen LogP contribution in [0.15, 0.2) is 35.1 Å². The lowest BCUT2D eigenvalue weighted by molar-refractivity contribution is 0.372. The summed E-state index contributed by atoms with van der Waals surface area (Å²) < 4.78 is 4.89. The Morgan fingerprint density at radius 3 is 2.94 bits per heavy atom. The molecule has 0 spiro atoms. The van der Waals surface area contributed by atoms with Gasteiger partial charge in [0.15, 0.2) is 6.33 Å². The monoisotopic (exact) mass is 233 g/mol. The van der Waals surface area contributed by atoms with E-state index in [0.717, 1.165) is 12.1 Å². The number of hydrogen-bond donors (Lipinski definition) is 2. The first-order chi connectivity index (χ1) is 8.27. The number of aromatic hydroxyl groups is 1. The van der Waals surface area contributed by atoms with Crippen LogP contribution < -0.4 is 5.32 Å². The van der Waals surface area contributed by atoms with Gasteiger partial charge in [-0.2, -0.15) is 4.98 Å². The average Bonchev–Trinajstić information content (AvgIpc) is 2.82. The standard InChI is InChI=1S/C12H15N3O2/c1-9(10-4-2-3-5-11(10)16)13-7-6-12-14-8-15-17-12/h2-5,8-9,13,16H,6-7H2,1H3. The van der Waals surface area contributed by atoms with Crippen LogP contribution in [0.1, 0.15) is 24.4 Å². The van der Waals surface area contributed by atoms with E-state index in [9.17, 15) is 5.11 Å². The summed E-state index contributed by atoms with van der Waals surface area (Å²) in [5.74, 6) is 0.923. The molecule has 0 bridgehead atoms. The highest BCUT2D eigenvalue weighted by atomic mass is 16.5. The molecule has 2 rings (SSSR count). The molecule has 0 saturated heterocycles. The van der Waals surface area contributed by atoms with Crippen LogP contribution in [-0.2, 0) is 6.42 Å². The van der Waals surface area contributed by atoms with Crippen LogP contribution in [0.2, 0.25) is 0 Å². The topological polar surface area (TPSA) is 71.2 Å². The number of phenols is 1. The second-order valence-electron chi connectivity index (χ2n) is 3.82. The van der Waals surface area contributed by atoms with E-state index in [4.69, 9.17) is 4.52 Å². The molecule has 2 aromatic rings. The molecule has 2 N–H and O–H groups in total. The number of benzene rings is 1. The van der Waals surface area contributed by atoms with E-state index < -0.39 is 0 Å². The highest BCUT2D eigenvalue weighted by Crippen LogP contribution is 2.22. The molecule has 0 aliphatic heterocycles. The second kappa shape index (κ2) is 5.45. The van der Waals surface area contributed by atoms with E-state index in [-0.39, 0.29) is 6.04 Å². The van der Waals surface area contributed by atoms with Gasteiger partial charge in [-0.15, -0.1) is 0 Å². The van der Waals surface area contributed by atoms with Crippen LogP contribution in [0.4, 0.5) is 0 Å². The Bertz CT molecular complexity index is 457. The SMILES string of the molecule is CC(NCCc1ncno1)c1ccccc1O. The van der Waals surface area contributed by atoms with Gasteiger partial charge >= 0.3 is 0 Å². The van der Waals surface area contributed by atoms with E-state index in [2.05, 4.69) is 15.5 Å². The summed E-state index contributed by atoms with van der Waals surface area (Å²) >= 11 is 0. The summed E-state index contributed by atoms with van der Waals surface area (Å²) in [6.07, 6.45) is 2.07. The lowest BCUT2D eigenvalue weighted by atomic mass is 10.1. The average molecular weight is 233 g/mol. The third kappa shape index (κ3) is 3.04. The summed E-state index contributed by atoms with van der Waals surface area (Å²) in [6, 6.07) is 7.39. The van der Waals surface area contributed by atoms with Crippen molar-refractivity contribution in [1.82, 2.24) is 15.5 Å². The molecule has 1 heterocycles. The fourth-order valence-corrected chi connectivity index (χ4v) is 1.67. The lowest BCUT2D eigenvalue weighted by Gasteiger charge is -2.14. The summed E-state index contributed by atoms with van der Waals surface area (Å²) in [6.45, 7) is 2.72.